The first kappa shape index (κ1) is 6.10. The van der Waals surface area contributed by atoms with Crippen molar-refractivity contribution in [3.63, 3.8) is 0 Å². The Hall–Kier alpha value is -0.630. The molecule has 52 valence electrons. The van der Waals surface area contributed by atoms with Crippen LogP contribution in [0.1, 0.15) is 5.56 Å². The normalized spacial score (nSPS) is 14.5. The van der Waals surface area contributed by atoms with Crippen LogP contribution < -0.4 is 5.32 Å². The zero-order valence-electron chi connectivity index (χ0n) is 5.85. The molecule has 1 aromatic rings. The van der Waals surface area contributed by atoms with Crippen molar-refractivity contribution in [1.29, 1.82) is 0 Å². The standard InChI is InChI=1S/C8H9NS/c1-6-2-3-7-8(4-6)10-5-9-7/h2-4,9H,5H2,1H3. The molecule has 1 aromatic carbocycles. The number of nitrogens with one attached hydrogen (secondary N) is 1. The molecule has 0 aliphatic carbocycles. The Balaban J connectivity index is 2.52. The van der Waals surface area contributed by atoms with Crippen molar-refractivity contribution in [2.24, 2.45) is 0 Å². The Labute approximate surface area is 64.8 Å². The van der Waals surface area contributed by atoms with E-state index in [0.717, 1.165) is 5.88 Å². The van der Waals surface area contributed by atoms with Gasteiger partial charge in [0.1, 0.15) is 0 Å². The fourth-order valence-corrected chi connectivity index (χ4v) is 2.03. The largest absolute Gasteiger partial charge is 0.375 e. The molecule has 1 heterocycles. The van der Waals surface area contributed by atoms with Crippen molar-refractivity contribution in [3.05, 3.63) is 23.8 Å². The fraction of sp³-hybridized carbons (Fsp3) is 0.250. The minimum absolute atomic E-state index is 1.03. The lowest BCUT2D eigenvalue weighted by molar-refractivity contribution is 1.36. The van der Waals surface area contributed by atoms with E-state index in [1.165, 1.54) is 16.1 Å². The quantitative estimate of drug-likeness (QED) is 0.611. The van der Waals surface area contributed by atoms with Gasteiger partial charge < -0.3 is 5.32 Å². The highest BCUT2D eigenvalue weighted by atomic mass is 32.2. The number of benzene rings is 1. The van der Waals surface area contributed by atoms with E-state index in [0.29, 0.717) is 0 Å². The highest BCUT2D eigenvalue weighted by molar-refractivity contribution is 7.99. The first-order valence-corrected chi connectivity index (χ1v) is 4.32. The second kappa shape index (κ2) is 2.20. The van der Waals surface area contributed by atoms with E-state index in [2.05, 4.69) is 30.4 Å². The summed E-state index contributed by atoms with van der Waals surface area (Å²) >= 11 is 1.87. The second-order valence-corrected chi connectivity index (χ2v) is 3.48. The molecule has 0 saturated carbocycles. The number of hydrogen-bond acceptors (Lipinski definition) is 2. The molecule has 2 rings (SSSR count). The summed E-state index contributed by atoms with van der Waals surface area (Å²) in [6, 6.07) is 6.50. The predicted molar refractivity (Wildman–Crippen MR) is 45.5 cm³/mol. The van der Waals surface area contributed by atoms with Gasteiger partial charge in [0, 0.05) is 10.6 Å². The van der Waals surface area contributed by atoms with Gasteiger partial charge in [0.25, 0.3) is 0 Å². The third-order valence-corrected chi connectivity index (χ3v) is 2.56. The fourth-order valence-electron chi connectivity index (χ4n) is 1.09. The van der Waals surface area contributed by atoms with Gasteiger partial charge in [-0.3, -0.25) is 0 Å². The van der Waals surface area contributed by atoms with Crippen LogP contribution >= 0.6 is 11.8 Å². The van der Waals surface area contributed by atoms with Crippen LogP contribution in [0.3, 0.4) is 0 Å². The minimum atomic E-state index is 1.03. The highest BCUT2D eigenvalue weighted by Gasteiger charge is 2.08. The van der Waals surface area contributed by atoms with E-state index in [1.807, 2.05) is 11.8 Å². The maximum atomic E-state index is 3.29. The lowest BCUT2D eigenvalue weighted by Crippen LogP contribution is -1.87. The molecule has 0 bridgehead atoms. The number of anilines is 1. The van der Waals surface area contributed by atoms with E-state index in [-0.39, 0.29) is 0 Å². The lowest BCUT2D eigenvalue weighted by Gasteiger charge is -1.97. The van der Waals surface area contributed by atoms with Gasteiger partial charge in [-0.15, -0.1) is 11.8 Å². The monoisotopic (exact) mass is 151 g/mol. The smallest absolute Gasteiger partial charge is 0.0658 e. The molecule has 0 fully saturated rings. The van der Waals surface area contributed by atoms with Crippen molar-refractivity contribution >= 4 is 17.4 Å². The van der Waals surface area contributed by atoms with E-state index < -0.39 is 0 Å². The molecule has 0 atom stereocenters. The summed E-state index contributed by atoms with van der Waals surface area (Å²) in [5.41, 5.74) is 2.63. The zero-order valence-corrected chi connectivity index (χ0v) is 6.66. The van der Waals surface area contributed by atoms with E-state index in [9.17, 15) is 0 Å². The van der Waals surface area contributed by atoms with Crippen molar-refractivity contribution < 1.29 is 0 Å². The zero-order chi connectivity index (χ0) is 6.97. The summed E-state index contributed by atoms with van der Waals surface area (Å²) in [6.07, 6.45) is 0. The average Bonchev–Trinajstić information content (AvgIpc) is 2.33. The number of fused-ring (bicyclic) bond motifs is 1. The summed E-state index contributed by atoms with van der Waals surface area (Å²) in [4.78, 5) is 1.39. The van der Waals surface area contributed by atoms with Crippen LogP contribution in [0.25, 0.3) is 0 Å². The SMILES string of the molecule is Cc1ccc2c(c1)SCN2. The number of thioether (sulfide) groups is 1. The van der Waals surface area contributed by atoms with E-state index >= 15 is 0 Å². The first-order chi connectivity index (χ1) is 4.86. The molecule has 0 amide bonds. The third kappa shape index (κ3) is 0.886. The Morgan fingerprint density at radius 2 is 2.40 bits per heavy atom. The van der Waals surface area contributed by atoms with Gasteiger partial charge in [-0.2, -0.15) is 0 Å². The Bertz CT molecular complexity index is 257. The van der Waals surface area contributed by atoms with Gasteiger partial charge >= 0.3 is 0 Å². The summed E-state index contributed by atoms with van der Waals surface area (Å²) in [7, 11) is 0. The molecule has 1 aliphatic heterocycles. The predicted octanol–water partition coefficient (Wildman–Crippen LogP) is 2.47. The summed E-state index contributed by atoms with van der Waals surface area (Å²) in [5, 5.41) is 3.29. The molecule has 0 radical (unpaired) electrons. The second-order valence-electron chi connectivity index (χ2n) is 2.47. The highest BCUT2D eigenvalue weighted by Crippen LogP contribution is 2.33. The Morgan fingerprint density at radius 3 is 3.30 bits per heavy atom. The van der Waals surface area contributed by atoms with Crippen LogP contribution in [0.4, 0.5) is 5.69 Å². The molecule has 0 aromatic heterocycles. The average molecular weight is 151 g/mol. The molecule has 0 spiro atoms. The van der Waals surface area contributed by atoms with E-state index in [1.54, 1.807) is 0 Å². The van der Waals surface area contributed by atoms with Crippen LogP contribution in [0.2, 0.25) is 0 Å². The van der Waals surface area contributed by atoms with Gasteiger partial charge in [0.15, 0.2) is 0 Å². The van der Waals surface area contributed by atoms with Gasteiger partial charge in [0.05, 0.1) is 5.88 Å². The van der Waals surface area contributed by atoms with Gasteiger partial charge in [-0.1, -0.05) is 6.07 Å². The minimum Gasteiger partial charge on any atom is -0.375 e. The van der Waals surface area contributed by atoms with Crippen LogP contribution in [0.15, 0.2) is 23.1 Å². The molecule has 2 heteroatoms. The number of rotatable bonds is 0. The van der Waals surface area contributed by atoms with Crippen molar-refractivity contribution in [2.75, 3.05) is 11.2 Å². The number of hydrogen-bond donors (Lipinski definition) is 1. The Kier molecular flexibility index (Phi) is 1.34. The van der Waals surface area contributed by atoms with Crippen molar-refractivity contribution in [2.45, 2.75) is 11.8 Å². The van der Waals surface area contributed by atoms with Crippen LogP contribution in [-0.4, -0.2) is 5.88 Å². The van der Waals surface area contributed by atoms with Crippen molar-refractivity contribution in [1.82, 2.24) is 0 Å². The molecule has 0 unspecified atom stereocenters. The summed E-state index contributed by atoms with van der Waals surface area (Å²) in [5.74, 6) is 1.03. The molecule has 1 aliphatic rings. The third-order valence-electron chi connectivity index (χ3n) is 1.63. The Morgan fingerprint density at radius 1 is 1.50 bits per heavy atom. The number of aryl methyl sites for hydroxylation is 1. The maximum Gasteiger partial charge on any atom is 0.0658 e. The van der Waals surface area contributed by atoms with Gasteiger partial charge in [-0.25, -0.2) is 0 Å². The first-order valence-electron chi connectivity index (χ1n) is 3.33. The lowest BCUT2D eigenvalue weighted by atomic mass is 10.2. The summed E-state index contributed by atoms with van der Waals surface area (Å²) < 4.78 is 0. The topological polar surface area (TPSA) is 12.0 Å². The van der Waals surface area contributed by atoms with Gasteiger partial charge in [0.2, 0.25) is 0 Å². The molecular weight excluding hydrogens is 142 g/mol. The molecule has 1 N–H and O–H groups in total. The van der Waals surface area contributed by atoms with E-state index in [4.69, 9.17) is 0 Å². The van der Waals surface area contributed by atoms with Crippen LogP contribution in [0, 0.1) is 6.92 Å². The maximum absolute atomic E-state index is 3.29. The van der Waals surface area contributed by atoms with Gasteiger partial charge in [-0.05, 0) is 24.6 Å². The summed E-state index contributed by atoms with van der Waals surface area (Å²) in [6.45, 7) is 2.12. The van der Waals surface area contributed by atoms with Crippen molar-refractivity contribution in [3.8, 4) is 0 Å². The molecule has 1 nitrogen and oxygen atoms in total. The molecule has 0 saturated heterocycles. The molecular formula is C8H9NS. The van der Waals surface area contributed by atoms with Crippen LogP contribution in [0.5, 0.6) is 0 Å². The van der Waals surface area contributed by atoms with Crippen LogP contribution in [-0.2, 0) is 0 Å². The molecule has 10 heavy (non-hydrogen) atoms.